The predicted molar refractivity (Wildman–Crippen MR) is 111 cm³/mol. The number of nitro groups is 1. The van der Waals surface area contributed by atoms with Crippen LogP contribution in [0, 0.1) is 10.1 Å². The number of rotatable bonds is 8. The normalized spacial score (nSPS) is 11.4. The zero-order valence-corrected chi connectivity index (χ0v) is 16.7. The Bertz CT molecular complexity index is 1100. The fourth-order valence-corrected chi connectivity index (χ4v) is 2.56. The van der Waals surface area contributed by atoms with Gasteiger partial charge in [0.05, 0.1) is 23.8 Å². The Balaban J connectivity index is 1.61. The summed E-state index contributed by atoms with van der Waals surface area (Å²) in [5.41, 5.74) is 3.09. The van der Waals surface area contributed by atoms with E-state index in [9.17, 15) is 23.3 Å². The molecular weight excluding hydrogens is 429 g/mol. The molecule has 11 heteroatoms. The molecule has 166 valence electrons. The number of halogens is 3. The summed E-state index contributed by atoms with van der Waals surface area (Å²) in [7, 11) is 1.47. The monoisotopic (exact) mass is 446 g/mol. The number of hydrogen-bond acceptors (Lipinski definition) is 7. The molecule has 0 amide bonds. The van der Waals surface area contributed by atoms with Crippen molar-refractivity contribution in [2.24, 2.45) is 5.10 Å². The van der Waals surface area contributed by atoms with E-state index in [4.69, 9.17) is 9.47 Å². The number of aromatic nitrogens is 1. The SMILES string of the molecule is COc1cc(/C=N\Nc2ccc(C(F)(F)F)cn2)ccc1OCc1ccc([N+](=O)[O-])cc1. The minimum absolute atomic E-state index is 0.00456. The highest BCUT2D eigenvalue weighted by Gasteiger charge is 2.30. The van der Waals surface area contributed by atoms with Gasteiger partial charge in [0.2, 0.25) is 0 Å². The number of hydrogen-bond donors (Lipinski definition) is 1. The molecule has 8 nitrogen and oxygen atoms in total. The maximum absolute atomic E-state index is 12.6. The van der Waals surface area contributed by atoms with Crippen molar-refractivity contribution in [3.8, 4) is 11.5 Å². The van der Waals surface area contributed by atoms with Gasteiger partial charge in [-0.1, -0.05) is 0 Å². The molecule has 3 aromatic rings. The summed E-state index contributed by atoms with van der Waals surface area (Å²) in [6, 6.07) is 13.1. The minimum Gasteiger partial charge on any atom is -0.493 e. The zero-order chi connectivity index (χ0) is 23.1. The Morgan fingerprint density at radius 1 is 1.12 bits per heavy atom. The molecule has 0 aliphatic carbocycles. The minimum atomic E-state index is -4.45. The van der Waals surface area contributed by atoms with Crippen molar-refractivity contribution in [1.82, 2.24) is 4.98 Å². The molecule has 0 unspecified atom stereocenters. The van der Waals surface area contributed by atoms with Crippen LogP contribution in [0.15, 0.2) is 65.9 Å². The lowest BCUT2D eigenvalue weighted by molar-refractivity contribution is -0.384. The van der Waals surface area contributed by atoms with Crippen LogP contribution in [0.1, 0.15) is 16.7 Å². The molecule has 0 atom stereocenters. The highest BCUT2D eigenvalue weighted by atomic mass is 19.4. The number of anilines is 1. The average molecular weight is 446 g/mol. The van der Waals surface area contributed by atoms with Gasteiger partial charge in [0.25, 0.3) is 5.69 Å². The fraction of sp³-hybridized carbons (Fsp3) is 0.143. The summed E-state index contributed by atoms with van der Waals surface area (Å²) >= 11 is 0. The number of alkyl halides is 3. The van der Waals surface area contributed by atoms with E-state index in [1.54, 1.807) is 30.3 Å². The Hall–Kier alpha value is -4.15. The summed E-state index contributed by atoms with van der Waals surface area (Å²) in [5.74, 6) is 1.05. The first kappa shape index (κ1) is 22.5. The number of pyridine rings is 1. The molecule has 32 heavy (non-hydrogen) atoms. The van der Waals surface area contributed by atoms with E-state index in [1.807, 2.05) is 0 Å². The van der Waals surface area contributed by atoms with Gasteiger partial charge in [-0.2, -0.15) is 18.3 Å². The van der Waals surface area contributed by atoms with Gasteiger partial charge in [-0.25, -0.2) is 4.98 Å². The van der Waals surface area contributed by atoms with Crippen molar-refractivity contribution < 1.29 is 27.6 Å². The lowest BCUT2D eigenvalue weighted by Crippen LogP contribution is -2.05. The summed E-state index contributed by atoms with van der Waals surface area (Å²) in [4.78, 5) is 13.9. The van der Waals surface area contributed by atoms with E-state index in [0.717, 1.165) is 17.8 Å². The maximum atomic E-state index is 12.6. The Morgan fingerprint density at radius 2 is 1.88 bits per heavy atom. The van der Waals surface area contributed by atoms with Gasteiger partial charge in [0.15, 0.2) is 11.5 Å². The number of non-ortho nitro benzene ring substituents is 1. The number of benzene rings is 2. The number of methoxy groups -OCH3 is 1. The van der Waals surface area contributed by atoms with Gasteiger partial charge < -0.3 is 9.47 Å². The highest BCUT2D eigenvalue weighted by Crippen LogP contribution is 2.29. The van der Waals surface area contributed by atoms with Crippen LogP contribution in [0.4, 0.5) is 24.7 Å². The lowest BCUT2D eigenvalue weighted by atomic mass is 10.2. The first-order valence-corrected chi connectivity index (χ1v) is 9.13. The molecule has 1 N–H and O–H groups in total. The van der Waals surface area contributed by atoms with E-state index in [1.165, 1.54) is 31.5 Å². The topological polar surface area (TPSA) is 98.9 Å². The standard InChI is InChI=1S/C21H17F3N4O4/c1-31-19-10-15(11-26-27-20-9-5-16(12-25-20)21(22,23)24)4-8-18(19)32-13-14-2-6-17(7-3-14)28(29)30/h2-12H,13H2,1H3,(H,25,27)/b26-11-. The van der Waals surface area contributed by atoms with Gasteiger partial charge in [0, 0.05) is 18.3 Å². The molecule has 0 saturated heterocycles. The van der Waals surface area contributed by atoms with Crippen molar-refractivity contribution in [1.29, 1.82) is 0 Å². The van der Waals surface area contributed by atoms with Gasteiger partial charge in [-0.15, -0.1) is 0 Å². The number of ether oxygens (including phenoxy) is 2. The van der Waals surface area contributed by atoms with Gasteiger partial charge in [-0.05, 0) is 53.6 Å². The van der Waals surface area contributed by atoms with Crippen LogP contribution in [0.3, 0.4) is 0 Å². The quantitative estimate of drug-likeness (QED) is 0.296. The zero-order valence-electron chi connectivity index (χ0n) is 16.7. The maximum Gasteiger partial charge on any atom is 0.417 e. The summed E-state index contributed by atoms with van der Waals surface area (Å²) in [5, 5.41) is 14.7. The molecule has 1 aromatic heterocycles. The van der Waals surface area contributed by atoms with Crippen molar-refractivity contribution in [3.05, 3.63) is 87.6 Å². The van der Waals surface area contributed by atoms with Gasteiger partial charge in [-0.3, -0.25) is 15.5 Å². The summed E-state index contributed by atoms with van der Waals surface area (Å²) in [6.45, 7) is 0.183. The number of hydrazone groups is 1. The average Bonchev–Trinajstić information content (AvgIpc) is 2.78. The second-order valence-corrected chi connectivity index (χ2v) is 6.42. The molecule has 0 fully saturated rings. The third-order valence-electron chi connectivity index (χ3n) is 4.21. The van der Waals surface area contributed by atoms with Crippen molar-refractivity contribution in [2.75, 3.05) is 12.5 Å². The molecule has 0 aliphatic heterocycles. The molecule has 0 spiro atoms. The molecule has 0 saturated carbocycles. The summed E-state index contributed by atoms with van der Waals surface area (Å²) in [6.07, 6.45) is -2.28. The molecule has 0 aliphatic rings. The van der Waals surface area contributed by atoms with Crippen LogP contribution >= 0.6 is 0 Å². The predicted octanol–water partition coefficient (Wildman–Crippen LogP) is 5.04. The van der Waals surface area contributed by atoms with Crippen LogP contribution in [0.25, 0.3) is 0 Å². The van der Waals surface area contributed by atoms with Crippen LogP contribution < -0.4 is 14.9 Å². The van der Waals surface area contributed by atoms with E-state index in [2.05, 4.69) is 15.5 Å². The second-order valence-electron chi connectivity index (χ2n) is 6.42. The molecular formula is C21H17F3N4O4. The van der Waals surface area contributed by atoms with Crippen LogP contribution in [0.5, 0.6) is 11.5 Å². The third kappa shape index (κ3) is 5.94. The second kappa shape index (κ2) is 9.77. The molecule has 0 bridgehead atoms. The molecule has 1 heterocycles. The molecule has 3 rings (SSSR count). The third-order valence-corrected chi connectivity index (χ3v) is 4.21. The number of nitrogens with zero attached hydrogens (tertiary/aromatic N) is 3. The van der Waals surface area contributed by atoms with Crippen molar-refractivity contribution >= 4 is 17.7 Å². The van der Waals surface area contributed by atoms with E-state index in [0.29, 0.717) is 17.1 Å². The Labute approximate surface area is 180 Å². The van der Waals surface area contributed by atoms with Crippen LogP contribution in [-0.2, 0) is 12.8 Å². The van der Waals surface area contributed by atoms with E-state index >= 15 is 0 Å². The molecule has 2 aromatic carbocycles. The van der Waals surface area contributed by atoms with E-state index < -0.39 is 16.7 Å². The van der Waals surface area contributed by atoms with Crippen LogP contribution in [-0.4, -0.2) is 23.2 Å². The summed E-state index contributed by atoms with van der Waals surface area (Å²) < 4.78 is 48.7. The van der Waals surface area contributed by atoms with Gasteiger partial charge in [0.1, 0.15) is 12.4 Å². The Morgan fingerprint density at radius 3 is 2.47 bits per heavy atom. The smallest absolute Gasteiger partial charge is 0.417 e. The number of nitro benzene ring substituents is 1. The van der Waals surface area contributed by atoms with Crippen molar-refractivity contribution in [3.63, 3.8) is 0 Å². The fourth-order valence-electron chi connectivity index (χ4n) is 2.56. The van der Waals surface area contributed by atoms with E-state index in [-0.39, 0.29) is 18.1 Å². The Kier molecular flexibility index (Phi) is 6.88. The van der Waals surface area contributed by atoms with Gasteiger partial charge >= 0.3 is 6.18 Å². The molecule has 0 radical (unpaired) electrons. The number of nitrogens with one attached hydrogen (secondary N) is 1. The van der Waals surface area contributed by atoms with Crippen LogP contribution in [0.2, 0.25) is 0 Å². The largest absolute Gasteiger partial charge is 0.493 e. The lowest BCUT2D eigenvalue weighted by Gasteiger charge is -2.11. The van der Waals surface area contributed by atoms with Crippen molar-refractivity contribution in [2.45, 2.75) is 12.8 Å². The first-order valence-electron chi connectivity index (χ1n) is 9.13. The first-order chi connectivity index (χ1) is 15.3. The highest BCUT2D eigenvalue weighted by molar-refractivity contribution is 5.81.